The number of benzene rings is 1. The minimum absolute atomic E-state index is 0.244. The van der Waals surface area contributed by atoms with Gasteiger partial charge in [0.2, 0.25) is 0 Å². The Morgan fingerprint density at radius 2 is 1.57 bits per heavy atom. The summed E-state index contributed by atoms with van der Waals surface area (Å²) in [4.78, 5) is 11.3. The van der Waals surface area contributed by atoms with Crippen LogP contribution in [-0.2, 0) is 4.74 Å². The van der Waals surface area contributed by atoms with E-state index in [1.807, 2.05) is 0 Å². The molecule has 5 N–H and O–H groups in total. The molecule has 0 fully saturated rings. The third kappa shape index (κ3) is 5.66. The van der Waals surface area contributed by atoms with Gasteiger partial charge in [0.1, 0.15) is 36.8 Å². The number of hydrogen-bond donors (Lipinski definition) is 5. The molecule has 0 spiro atoms. The summed E-state index contributed by atoms with van der Waals surface area (Å²) in [7, 11) is 0. The molecule has 0 aliphatic heterocycles. The fourth-order valence-electron chi connectivity index (χ4n) is 1.43. The van der Waals surface area contributed by atoms with Gasteiger partial charge in [0.15, 0.2) is 0 Å². The lowest BCUT2D eigenvalue weighted by Crippen LogP contribution is -2.47. The van der Waals surface area contributed by atoms with E-state index in [1.165, 1.54) is 12.1 Å². The van der Waals surface area contributed by atoms with Gasteiger partial charge < -0.3 is 35.0 Å². The highest BCUT2D eigenvalue weighted by molar-refractivity contribution is 5.63. The summed E-state index contributed by atoms with van der Waals surface area (Å²) >= 11 is 0. The second-order valence-electron chi connectivity index (χ2n) is 4.27. The lowest BCUT2D eigenvalue weighted by atomic mass is 10.0. The molecule has 0 unspecified atom stereocenters. The first-order valence-corrected chi connectivity index (χ1v) is 6.18. The molecule has 0 aromatic heterocycles. The van der Waals surface area contributed by atoms with Crippen LogP contribution in [0.25, 0.3) is 0 Å². The molecule has 0 bridgehead atoms. The second kappa shape index (κ2) is 8.55. The molecule has 1 aromatic carbocycles. The molecule has 0 aliphatic rings. The Kier molecular flexibility index (Phi) is 7.06. The van der Waals surface area contributed by atoms with Gasteiger partial charge in [-0.25, -0.2) is 4.79 Å². The van der Waals surface area contributed by atoms with Gasteiger partial charge in [-0.3, -0.25) is 0 Å². The number of carbonyl (C=O) groups excluding carboxylic acids is 1. The highest BCUT2D eigenvalue weighted by Crippen LogP contribution is 2.10. The van der Waals surface area contributed by atoms with Crippen molar-refractivity contribution >= 4 is 6.16 Å². The van der Waals surface area contributed by atoms with Crippen molar-refractivity contribution in [3.05, 3.63) is 30.3 Å². The number of rotatable bonds is 7. The third-order valence-electron chi connectivity index (χ3n) is 2.64. The average molecular weight is 302 g/mol. The van der Waals surface area contributed by atoms with E-state index >= 15 is 0 Å². The molecule has 1 aromatic rings. The fourth-order valence-corrected chi connectivity index (χ4v) is 1.43. The molecule has 118 valence electrons. The van der Waals surface area contributed by atoms with Crippen LogP contribution in [-0.4, -0.2) is 69.3 Å². The maximum atomic E-state index is 11.3. The lowest BCUT2D eigenvalue weighted by molar-refractivity contribution is -0.125. The number of aliphatic hydroxyl groups is 5. The van der Waals surface area contributed by atoms with Gasteiger partial charge in [-0.1, -0.05) is 18.2 Å². The van der Waals surface area contributed by atoms with E-state index < -0.39 is 43.8 Å². The first-order valence-electron chi connectivity index (χ1n) is 6.18. The zero-order valence-corrected chi connectivity index (χ0v) is 11.1. The summed E-state index contributed by atoms with van der Waals surface area (Å²) in [5.41, 5.74) is 0. The zero-order valence-electron chi connectivity index (χ0n) is 11.1. The minimum Gasteiger partial charge on any atom is -0.431 e. The molecule has 0 saturated heterocycles. The summed E-state index contributed by atoms with van der Waals surface area (Å²) < 4.78 is 9.33. The summed E-state index contributed by atoms with van der Waals surface area (Å²) in [5, 5.41) is 46.1. The molecule has 8 heteroatoms. The SMILES string of the molecule is O=C(OC[C@H](O)[C@@H](O)[C@H](O)[C@H](O)CO)Oc1ccccc1. The van der Waals surface area contributed by atoms with E-state index in [9.17, 15) is 20.1 Å². The van der Waals surface area contributed by atoms with Crippen molar-refractivity contribution < 1.29 is 39.8 Å². The Bertz CT molecular complexity index is 423. The third-order valence-corrected chi connectivity index (χ3v) is 2.64. The highest BCUT2D eigenvalue weighted by Gasteiger charge is 2.30. The standard InChI is InChI=1S/C13H18O8/c14-6-9(15)11(17)12(18)10(16)7-20-13(19)21-8-4-2-1-3-5-8/h1-5,9-12,14-18H,6-7H2/t9-,10+,11-,12-/m1/s1. The van der Waals surface area contributed by atoms with E-state index in [2.05, 4.69) is 4.74 Å². The molecule has 0 amide bonds. The quantitative estimate of drug-likeness (QED) is 0.307. The lowest BCUT2D eigenvalue weighted by Gasteiger charge is -2.25. The van der Waals surface area contributed by atoms with Crippen LogP contribution in [0.5, 0.6) is 5.75 Å². The van der Waals surface area contributed by atoms with Crippen LogP contribution >= 0.6 is 0 Å². The van der Waals surface area contributed by atoms with Crippen LogP contribution in [0.4, 0.5) is 4.79 Å². The maximum Gasteiger partial charge on any atom is 0.513 e. The van der Waals surface area contributed by atoms with Crippen LogP contribution < -0.4 is 4.74 Å². The Morgan fingerprint density at radius 3 is 2.14 bits per heavy atom. The molecule has 8 nitrogen and oxygen atoms in total. The van der Waals surface area contributed by atoms with Crippen molar-refractivity contribution in [2.75, 3.05) is 13.2 Å². The normalized spacial score (nSPS) is 16.6. The van der Waals surface area contributed by atoms with Crippen molar-refractivity contribution in [1.82, 2.24) is 0 Å². The van der Waals surface area contributed by atoms with Crippen LogP contribution in [0.2, 0.25) is 0 Å². The Labute approximate surface area is 120 Å². The van der Waals surface area contributed by atoms with Gasteiger partial charge in [0, 0.05) is 0 Å². The Morgan fingerprint density at radius 1 is 1.00 bits per heavy atom. The molecule has 0 saturated carbocycles. The summed E-state index contributed by atoms with van der Waals surface area (Å²) in [6.45, 7) is -1.44. The fraction of sp³-hybridized carbons (Fsp3) is 0.462. The molecule has 0 radical (unpaired) electrons. The first-order chi connectivity index (χ1) is 9.95. The van der Waals surface area contributed by atoms with Crippen molar-refractivity contribution in [2.45, 2.75) is 24.4 Å². The predicted molar refractivity (Wildman–Crippen MR) is 69.5 cm³/mol. The minimum atomic E-state index is -1.79. The maximum absolute atomic E-state index is 11.3. The van der Waals surface area contributed by atoms with Crippen LogP contribution in [0.1, 0.15) is 0 Å². The van der Waals surface area contributed by atoms with Gasteiger partial charge in [-0.15, -0.1) is 0 Å². The largest absolute Gasteiger partial charge is 0.513 e. The summed E-state index contributed by atoms with van der Waals surface area (Å²) in [6, 6.07) is 8.07. The van der Waals surface area contributed by atoms with Crippen molar-refractivity contribution in [2.24, 2.45) is 0 Å². The number of para-hydroxylation sites is 1. The molecule has 21 heavy (non-hydrogen) atoms. The molecular weight excluding hydrogens is 284 g/mol. The molecule has 0 heterocycles. The topological polar surface area (TPSA) is 137 Å². The molecular formula is C13H18O8. The zero-order chi connectivity index (χ0) is 15.8. The Hall–Kier alpha value is -1.71. The van der Waals surface area contributed by atoms with Gasteiger partial charge in [0.05, 0.1) is 6.61 Å². The van der Waals surface area contributed by atoms with Gasteiger partial charge >= 0.3 is 6.16 Å². The predicted octanol–water partition coefficient (Wildman–Crippen LogP) is -1.36. The van der Waals surface area contributed by atoms with Gasteiger partial charge in [-0.05, 0) is 12.1 Å². The summed E-state index contributed by atoms with van der Waals surface area (Å²) in [5.74, 6) is 0.244. The highest BCUT2D eigenvalue weighted by atomic mass is 16.7. The van der Waals surface area contributed by atoms with E-state index in [1.54, 1.807) is 18.2 Å². The van der Waals surface area contributed by atoms with E-state index in [-0.39, 0.29) is 5.75 Å². The van der Waals surface area contributed by atoms with Crippen LogP contribution in [0.3, 0.4) is 0 Å². The van der Waals surface area contributed by atoms with Gasteiger partial charge in [-0.2, -0.15) is 0 Å². The molecule has 4 atom stereocenters. The van der Waals surface area contributed by atoms with E-state index in [0.717, 1.165) is 0 Å². The number of ether oxygens (including phenoxy) is 2. The number of hydrogen-bond acceptors (Lipinski definition) is 8. The smallest absolute Gasteiger partial charge is 0.431 e. The monoisotopic (exact) mass is 302 g/mol. The van der Waals surface area contributed by atoms with E-state index in [0.29, 0.717) is 0 Å². The summed E-state index contributed by atoms with van der Waals surface area (Å²) in [6.07, 6.45) is -7.93. The molecule has 1 rings (SSSR count). The van der Waals surface area contributed by atoms with E-state index in [4.69, 9.17) is 14.9 Å². The van der Waals surface area contributed by atoms with Crippen molar-refractivity contribution in [3.8, 4) is 5.75 Å². The number of aliphatic hydroxyl groups excluding tert-OH is 5. The van der Waals surface area contributed by atoms with Crippen LogP contribution in [0, 0.1) is 0 Å². The Balaban J connectivity index is 2.38. The van der Waals surface area contributed by atoms with Crippen molar-refractivity contribution in [1.29, 1.82) is 0 Å². The first kappa shape index (κ1) is 17.3. The second-order valence-corrected chi connectivity index (χ2v) is 4.27. The van der Waals surface area contributed by atoms with Crippen molar-refractivity contribution in [3.63, 3.8) is 0 Å². The average Bonchev–Trinajstić information content (AvgIpc) is 2.51. The van der Waals surface area contributed by atoms with Crippen LogP contribution in [0.15, 0.2) is 30.3 Å². The number of carbonyl (C=O) groups is 1. The molecule has 0 aliphatic carbocycles. The van der Waals surface area contributed by atoms with Gasteiger partial charge in [0.25, 0.3) is 0 Å².